The lowest BCUT2D eigenvalue weighted by Crippen LogP contribution is -2.34. The van der Waals surface area contributed by atoms with Crippen LogP contribution in [0.15, 0.2) is 0 Å². The highest BCUT2D eigenvalue weighted by molar-refractivity contribution is 8.00. The Morgan fingerprint density at radius 2 is 2.12 bits per heavy atom. The molecule has 0 aliphatic heterocycles. The second kappa shape index (κ2) is 5.82. The average molecular weight is 255 g/mol. The van der Waals surface area contributed by atoms with Gasteiger partial charge in [0, 0.05) is 4.75 Å². The number of hydrogen-bond acceptors (Lipinski definition) is 5. The minimum atomic E-state index is 0.343. The summed E-state index contributed by atoms with van der Waals surface area (Å²) in [7, 11) is 1.92. The highest BCUT2D eigenvalue weighted by atomic mass is 32.2. The second-order valence-electron chi connectivity index (χ2n) is 4.73. The number of tetrazole rings is 1. The Balaban J connectivity index is 2.09. The first kappa shape index (κ1) is 12.8. The summed E-state index contributed by atoms with van der Waals surface area (Å²) in [6, 6.07) is 0. The van der Waals surface area contributed by atoms with Crippen LogP contribution in [0.3, 0.4) is 0 Å². The molecule has 2 rings (SSSR count). The molecule has 1 aromatic rings. The van der Waals surface area contributed by atoms with Crippen molar-refractivity contribution in [2.75, 3.05) is 13.3 Å². The average Bonchev–Trinajstić information content (AvgIpc) is 2.78. The summed E-state index contributed by atoms with van der Waals surface area (Å²) in [5.41, 5.74) is 0. The van der Waals surface area contributed by atoms with Crippen molar-refractivity contribution < 1.29 is 0 Å². The number of nitrogens with one attached hydrogen (secondary N) is 1. The molecule has 17 heavy (non-hydrogen) atoms. The summed E-state index contributed by atoms with van der Waals surface area (Å²) in [6.45, 7) is 1.68. The summed E-state index contributed by atoms with van der Waals surface area (Å²) in [5.74, 6) is 0.937. The molecular weight excluding hydrogens is 234 g/mol. The maximum Gasteiger partial charge on any atom is 0.165 e. The third-order valence-electron chi connectivity index (χ3n) is 3.58. The van der Waals surface area contributed by atoms with E-state index < -0.39 is 0 Å². The summed E-state index contributed by atoms with van der Waals surface area (Å²) in [5, 5.41) is 15.1. The van der Waals surface area contributed by atoms with Crippen LogP contribution in [0.5, 0.6) is 0 Å². The van der Waals surface area contributed by atoms with E-state index in [1.165, 1.54) is 32.1 Å². The van der Waals surface area contributed by atoms with Gasteiger partial charge >= 0.3 is 0 Å². The van der Waals surface area contributed by atoms with Crippen molar-refractivity contribution in [2.24, 2.45) is 0 Å². The predicted octanol–water partition coefficient (Wildman–Crippen LogP) is 1.46. The van der Waals surface area contributed by atoms with Crippen LogP contribution in [0.1, 0.15) is 37.9 Å². The first-order valence-electron chi connectivity index (χ1n) is 6.24. The molecule has 0 amide bonds. The van der Waals surface area contributed by atoms with E-state index in [4.69, 9.17) is 0 Å². The Morgan fingerprint density at radius 3 is 2.76 bits per heavy atom. The third kappa shape index (κ3) is 2.98. The molecule has 6 heteroatoms. The van der Waals surface area contributed by atoms with E-state index in [9.17, 15) is 0 Å². The molecule has 1 aromatic heterocycles. The molecule has 0 spiro atoms. The van der Waals surface area contributed by atoms with Gasteiger partial charge in [-0.3, -0.25) is 0 Å². The molecule has 1 heterocycles. The monoisotopic (exact) mass is 255 g/mol. The molecule has 0 atom stereocenters. The van der Waals surface area contributed by atoms with E-state index >= 15 is 0 Å². The van der Waals surface area contributed by atoms with Gasteiger partial charge in [-0.25, -0.2) is 4.68 Å². The van der Waals surface area contributed by atoms with Crippen LogP contribution in [0.25, 0.3) is 0 Å². The highest BCUT2D eigenvalue weighted by Gasteiger charge is 2.32. The topological polar surface area (TPSA) is 55.6 Å². The summed E-state index contributed by atoms with van der Waals surface area (Å²) in [6.07, 6.45) is 8.84. The fourth-order valence-electron chi connectivity index (χ4n) is 2.53. The van der Waals surface area contributed by atoms with Crippen molar-refractivity contribution in [3.8, 4) is 0 Å². The zero-order valence-electron chi connectivity index (χ0n) is 10.6. The number of hydrogen-bond donors (Lipinski definition) is 1. The Kier molecular flexibility index (Phi) is 4.39. The van der Waals surface area contributed by atoms with Crippen LogP contribution in [-0.4, -0.2) is 38.3 Å². The van der Waals surface area contributed by atoms with Crippen LogP contribution in [-0.2, 0) is 13.1 Å². The number of thioether (sulfide) groups is 1. The second-order valence-corrected chi connectivity index (χ2v) is 6.01. The lowest BCUT2D eigenvalue weighted by molar-refractivity contribution is 0.338. The maximum absolute atomic E-state index is 4.12. The van der Waals surface area contributed by atoms with E-state index in [2.05, 4.69) is 27.1 Å². The van der Waals surface area contributed by atoms with E-state index in [1.807, 2.05) is 23.5 Å². The van der Waals surface area contributed by atoms with E-state index in [0.717, 1.165) is 18.9 Å². The van der Waals surface area contributed by atoms with Gasteiger partial charge in [0.15, 0.2) is 5.82 Å². The Labute approximate surface area is 107 Å². The van der Waals surface area contributed by atoms with Crippen LogP contribution in [0.4, 0.5) is 0 Å². The SMILES string of the molecule is CNCc1nnnn1CC1(SC)CCCCC1. The van der Waals surface area contributed by atoms with Gasteiger partial charge in [0.05, 0.1) is 13.1 Å². The minimum absolute atomic E-state index is 0.343. The van der Waals surface area contributed by atoms with Crippen LogP contribution >= 0.6 is 11.8 Å². The van der Waals surface area contributed by atoms with Gasteiger partial charge in [0.25, 0.3) is 0 Å². The van der Waals surface area contributed by atoms with Gasteiger partial charge in [-0.2, -0.15) is 11.8 Å². The summed E-state index contributed by atoms with van der Waals surface area (Å²) >= 11 is 1.98. The van der Waals surface area contributed by atoms with Crippen molar-refractivity contribution in [1.82, 2.24) is 25.5 Å². The van der Waals surface area contributed by atoms with Crippen molar-refractivity contribution in [3.63, 3.8) is 0 Å². The van der Waals surface area contributed by atoms with E-state index in [1.54, 1.807) is 0 Å². The molecule has 1 fully saturated rings. The van der Waals surface area contributed by atoms with Crippen LogP contribution in [0.2, 0.25) is 0 Å². The lowest BCUT2D eigenvalue weighted by Gasteiger charge is -2.35. The molecular formula is C11H21N5S. The molecule has 1 aliphatic carbocycles. The fraction of sp³-hybridized carbons (Fsp3) is 0.909. The zero-order chi connectivity index (χ0) is 12.1. The van der Waals surface area contributed by atoms with Gasteiger partial charge < -0.3 is 5.32 Å². The van der Waals surface area contributed by atoms with Crippen molar-refractivity contribution >= 4 is 11.8 Å². The van der Waals surface area contributed by atoms with E-state index in [0.29, 0.717) is 4.75 Å². The number of aromatic nitrogens is 4. The first-order chi connectivity index (χ1) is 8.29. The van der Waals surface area contributed by atoms with Crippen LogP contribution in [0, 0.1) is 0 Å². The largest absolute Gasteiger partial charge is 0.313 e. The number of rotatable bonds is 5. The summed E-state index contributed by atoms with van der Waals surface area (Å²) < 4.78 is 2.31. The van der Waals surface area contributed by atoms with Crippen molar-refractivity contribution in [1.29, 1.82) is 0 Å². The molecule has 96 valence electrons. The van der Waals surface area contributed by atoms with Gasteiger partial charge in [-0.05, 0) is 36.6 Å². The molecule has 0 radical (unpaired) electrons. The quantitative estimate of drug-likeness (QED) is 0.863. The molecule has 0 saturated heterocycles. The Bertz CT molecular complexity index is 345. The van der Waals surface area contributed by atoms with Gasteiger partial charge in [-0.1, -0.05) is 19.3 Å². The highest BCUT2D eigenvalue weighted by Crippen LogP contribution is 2.39. The molecule has 1 saturated carbocycles. The maximum atomic E-state index is 4.12. The van der Waals surface area contributed by atoms with Gasteiger partial charge in [-0.15, -0.1) is 5.10 Å². The van der Waals surface area contributed by atoms with Gasteiger partial charge in [0.2, 0.25) is 0 Å². The first-order valence-corrected chi connectivity index (χ1v) is 7.47. The van der Waals surface area contributed by atoms with Crippen LogP contribution < -0.4 is 5.32 Å². The third-order valence-corrected chi connectivity index (χ3v) is 4.98. The van der Waals surface area contributed by atoms with Gasteiger partial charge in [0.1, 0.15) is 0 Å². The molecule has 1 aliphatic rings. The Hall–Kier alpha value is -0.620. The standard InChI is InChI=1S/C11H21N5S/c1-12-8-10-13-14-15-16(10)9-11(17-2)6-4-3-5-7-11/h12H,3-9H2,1-2H3. The number of nitrogens with zero attached hydrogens (tertiary/aromatic N) is 4. The molecule has 5 nitrogen and oxygen atoms in total. The summed E-state index contributed by atoms with van der Waals surface area (Å²) in [4.78, 5) is 0. The molecule has 1 N–H and O–H groups in total. The molecule has 0 unspecified atom stereocenters. The minimum Gasteiger partial charge on any atom is -0.313 e. The smallest absolute Gasteiger partial charge is 0.165 e. The molecule has 0 aromatic carbocycles. The lowest BCUT2D eigenvalue weighted by atomic mass is 9.88. The zero-order valence-corrected chi connectivity index (χ0v) is 11.5. The van der Waals surface area contributed by atoms with Crippen molar-refractivity contribution in [3.05, 3.63) is 5.82 Å². The molecule has 0 bridgehead atoms. The Morgan fingerprint density at radius 1 is 1.35 bits per heavy atom. The predicted molar refractivity (Wildman–Crippen MR) is 69.9 cm³/mol. The normalized spacial score (nSPS) is 19.4. The van der Waals surface area contributed by atoms with E-state index in [-0.39, 0.29) is 0 Å². The van der Waals surface area contributed by atoms with Crippen molar-refractivity contribution in [2.45, 2.75) is 49.9 Å². The fourth-order valence-corrected chi connectivity index (χ4v) is 3.47.